The van der Waals surface area contributed by atoms with E-state index in [1.807, 2.05) is 6.92 Å². The molecule has 14 heavy (non-hydrogen) atoms. The van der Waals surface area contributed by atoms with Crippen molar-refractivity contribution in [3.05, 3.63) is 28.8 Å². The van der Waals surface area contributed by atoms with E-state index in [1.165, 1.54) is 22.4 Å². The Morgan fingerprint density at radius 3 is 2.43 bits per heavy atom. The molecule has 0 heterocycles. The van der Waals surface area contributed by atoms with Crippen molar-refractivity contribution in [1.29, 1.82) is 0 Å². The highest BCUT2D eigenvalue weighted by molar-refractivity contribution is 5.56. The van der Waals surface area contributed by atoms with Gasteiger partial charge in [0.1, 0.15) is 0 Å². The van der Waals surface area contributed by atoms with E-state index < -0.39 is 0 Å². The third-order valence-corrected chi connectivity index (χ3v) is 2.67. The van der Waals surface area contributed by atoms with Crippen molar-refractivity contribution in [2.45, 2.75) is 33.7 Å². The zero-order chi connectivity index (χ0) is 10.7. The topological polar surface area (TPSA) is 38.0 Å². The van der Waals surface area contributed by atoms with Crippen LogP contribution < -0.4 is 11.1 Å². The van der Waals surface area contributed by atoms with Gasteiger partial charge < -0.3 is 11.1 Å². The average molecular weight is 192 g/mol. The standard InChI is InChI=1S/C12H20N2/c1-8-5-6-12(11(4)10(8)3)14-7-9(2)13/h5-6,9,14H,7,13H2,1-4H3. The van der Waals surface area contributed by atoms with Crippen molar-refractivity contribution < 1.29 is 0 Å². The van der Waals surface area contributed by atoms with Gasteiger partial charge in [0, 0.05) is 18.3 Å². The summed E-state index contributed by atoms with van der Waals surface area (Å²) in [5, 5.41) is 3.36. The second kappa shape index (κ2) is 4.47. The highest BCUT2D eigenvalue weighted by Crippen LogP contribution is 2.21. The SMILES string of the molecule is Cc1ccc(NCC(C)N)c(C)c1C. The Labute approximate surface area is 86.5 Å². The maximum Gasteiger partial charge on any atom is 0.0373 e. The van der Waals surface area contributed by atoms with E-state index in [2.05, 4.69) is 38.2 Å². The van der Waals surface area contributed by atoms with Gasteiger partial charge in [-0.25, -0.2) is 0 Å². The number of benzene rings is 1. The minimum atomic E-state index is 0.191. The molecule has 0 aromatic heterocycles. The zero-order valence-corrected chi connectivity index (χ0v) is 9.52. The van der Waals surface area contributed by atoms with Gasteiger partial charge in [0.2, 0.25) is 0 Å². The molecule has 0 spiro atoms. The number of aryl methyl sites for hydroxylation is 1. The summed E-state index contributed by atoms with van der Waals surface area (Å²) >= 11 is 0. The van der Waals surface area contributed by atoms with Gasteiger partial charge in [-0.05, 0) is 50.5 Å². The van der Waals surface area contributed by atoms with Gasteiger partial charge >= 0.3 is 0 Å². The maximum atomic E-state index is 5.70. The van der Waals surface area contributed by atoms with Crippen LogP contribution in [0.15, 0.2) is 12.1 Å². The molecule has 0 amide bonds. The van der Waals surface area contributed by atoms with Gasteiger partial charge in [-0.1, -0.05) is 6.07 Å². The molecule has 0 aliphatic rings. The van der Waals surface area contributed by atoms with Crippen LogP contribution in [-0.2, 0) is 0 Å². The molecule has 2 nitrogen and oxygen atoms in total. The summed E-state index contributed by atoms with van der Waals surface area (Å²) in [6.07, 6.45) is 0. The Morgan fingerprint density at radius 2 is 1.86 bits per heavy atom. The molecule has 0 saturated carbocycles. The van der Waals surface area contributed by atoms with E-state index in [1.54, 1.807) is 0 Å². The summed E-state index contributed by atoms with van der Waals surface area (Å²) in [5.41, 5.74) is 10.9. The fourth-order valence-corrected chi connectivity index (χ4v) is 1.42. The second-order valence-electron chi connectivity index (χ2n) is 4.04. The third-order valence-electron chi connectivity index (χ3n) is 2.67. The second-order valence-corrected chi connectivity index (χ2v) is 4.04. The van der Waals surface area contributed by atoms with Crippen molar-refractivity contribution >= 4 is 5.69 Å². The van der Waals surface area contributed by atoms with Gasteiger partial charge in [-0.2, -0.15) is 0 Å². The van der Waals surface area contributed by atoms with E-state index in [-0.39, 0.29) is 6.04 Å². The van der Waals surface area contributed by atoms with Crippen LogP contribution in [0.3, 0.4) is 0 Å². The van der Waals surface area contributed by atoms with Crippen LogP contribution in [-0.4, -0.2) is 12.6 Å². The molecule has 1 atom stereocenters. The van der Waals surface area contributed by atoms with Crippen LogP contribution in [0.4, 0.5) is 5.69 Å². The first-order valence-electron chi connectivity index (χ1n) is 5.08. The normalized spacial score (nSPS) is 12.6. The lowest BCUT2D eigenvalue weighted by atomic mass is 10.0. The molecule has 3 N–H and O–H groups in total. The van der Waals surface area contributed by atoms with Crippen molar-refractivity contribution in [3.8, 4) is 0 Å². The smallest absolute Gasteiger partial charge is 0.0373 e. The number of nitrogens with one attached hydrogen (secondary N) is 1. The van der Waals surface area contributed by atoms with E-state index in [9.17, 15) is 0 Å². The molecule has 0 fully saturated rings. The van der Waals surface area contributed by atoms with Gasteiger partial charge in [-0.15, -0.1) is 0 Å². The molecule has 78 valence electrons. The molecule has 0 saturated heterocycles. The number of anilines is 1. The first kappa shape index (κ1) is 11.1. The molecule has 0 bridgehead atoms. The molecule has 1 aromatic rings. The van der Waals surface area contributed by atoms with E-state index in [4.69, 9.17) is 5.73 Å². The van der Waals surface area contributed by atoms with Gasteiger partial charge in [0.05, 0.1) is 0 Å². The monoisotopic (exact) mass is 192 g/mol. The minimum Gasteiger partial charge on any atom is -0.383 e. The van der Waals surface area contributed by atoms with Crippen LogP contribution in [0.25, 0.3) is 0 Å². The molecular formula is C12H20N2. The highest BCUT2D eigenvalue weighted by atomic mass is 14.9. The fourth-order valence-electron chi connectivity index (χ4n) is 1.42. The Bertz CT molecular complexity index is 316. The zero-order valence-electron chi connectivity index (χ0n) is 9.52. The molecule has 0 radical (unpaired) electrons. The van der Waals surface area contributed by atoms with Gasteiger partial charge in [0.15, 0.2) is 0 Å². The predicted octanol–water partition coefficient (Wildman–Crippen LogP) is 2.37. The Hall–Kier alpha value is -1.02. The summed E-state index contributed by atoms with van der Waals surface area (Å²) in [5.74, 6) is 0. The number of hydrogen-bond donors (Lipinski definition) is 2. The minimum absolute atomic E-state index is 0.191. The quantitative estimate of drug-likeness (QED) is 0.771. The van der Waals surface area contributed by atoms with Crippen molar-refractivity contribution in [2.75, 3.05) is 11.9 Å². The van der Waals surface area contributed by atoms with Crippen LogP contribution in [0.2, 0.25) is 0 Å². The molecule has 0 aliphatic carbocycles. The summed E-state index contributed by atoms with van der Waals surface area (Å²) in [7, 11) is 0. The fraction of sp³-hybridized carbons (Fsp3) is 0.500. The molecule has 1 rings (SSSR count). The van der Waals surface area contributed by atoms with Gasteiger partial charge in [-0.3, -0.25) is 0 Å². The first-order chi connectivity index (χ1) is 6.52. The predicted molar refractivity (Wildman–Crippen MR) is 62.8 cm³/mol. The average Bonchev–Trinajstić information content (AvgIpc) is 2.13. The summed E-state index contributed by atoms with van der Waals surface area (Å²) < 4.78 is 0. The summed E-state index contributed by atoms with van der Waals surface area (Å²) in [4.78, 5) is 0. The number of nitrogens with two attached hydrogens (primary N) is 1. The number of hydrogen-bond acceptors (Lipinski definition) is 2. The van der Waals surface area contributed by atoms with Gasteiger partial charge in [0.25, 0.3) is 0 Å². The van der Waals surface area contributed by atoms with Crippen LogP contribution >= 0.6 is 0 Å². The van der Waals surface area contributed by atoms with Crippen LogP contribution in [0.1, 0.15) is 23.6 Å². The van der Waals surface area contributed by atoms with Crippen molar-refractivity contribution in [2.24, 2.45) is 5.73 Å². The largest absolute Gasteiger partial charge is 0.383 e. The third kappa shape index (κ3) is 2.48. The lowest BCUT2D eigenvalue weighted by Crippen LogP contribution is -2.25. The Kier molecular flexibility index (Phi) is 3.53. The first-order valence-corrected chi connectivity index (χ1v) is 5.08. The number of rotatable bonds is 3. The van der Waals surface area contributed by atoms with Crippen molar-refractivity contribution in [3.63, 3.8) is 0 Å². The lowest BCUT2D eigenvalue weighted by molar-refractivity contribution is 0.779. The lowest BCUT2D eigenvalue weighted by Gasteiger charge is -2.14. The van der Waals surface area contributed by atoms with E-state index in [0.29, 0.717) is 0 Å². The molecule has 1 aromatic carbocycles. The Morgan fingerprint density at radius 1 is 1.21 bits per heavy atom. The van der Waals surface area contributed by atoms with Crippen LogP contribution in [0.5, 0.6) is 0 Å². The molecular weight excluding hydrogens is 172 g/mol. The van der Waals surface area contributed by atoms with E-state index >= 15 is 0 Å². The molecule has 1 unspecified atom stereocenters. The summed E-state index contributed by atoms with van der Waals surface area (Å²) in [6, 6.07) is 4.46. The van der Waals surface area contributed by atoms with Crippen LogP contribution in [0, 0.1) is 20.8 Å². The molecule has 0 aliphatic heterocycles. The van der Waals surface area contributed by atoms with Crippen molar-refractivity contribution in [1.82, 2.24) is 0 Å². The Balaban J connectivity index is 2.83. The highest BCUT2D eigenvalue weighted by Gasteiger charge is 2.03. The van der Waals surface area contributed by atoms with E-state index in [0.717, 1.165) is 6.54 Å². The summed E-state index contributed by atoms with van der Waals surface area (Å²) in [6.45, 7) is 9.26. The molecule has 2 heteroatoms. The maximum absolute atomic E-state index is 5.70.